The zero-order chi connectivity index (χ0) is 11.4. The van der Waals surface area contributed by atoms with E-state index in [0.717, 1.165) is 30.2 Å². The van der Waals surface area contributed by atoms with Gasteiger partial charge in [-0.3, -0.25) is 0 Å². The van der Waals surface area contributed by atoms with Crippen LogP contribution in [0.15, 0.2) is 11.2 Å². The Morgan fingerprint density at radius 3 is 3.25 bits per heavy atom. The molecule has 1 aliphatic rings. The Balaban J connectivity index is 1.96. The molecule has 6 heteroatoms. The first kappa shape index (κ1) is 12.0. The molecule has 4 nitrogen and oxygen atoms in total. The van der Waals surface area contributed by atoms with Crippen molar-refractivity contribution in [2.75, 3.05) is 24.7 Å². The molecule has 0 aromatic carbocycles. The first-order valence-electron chi connectivity index (χ1n) is 5.24. The molecule has 2 rings (SSSR count). The van der Waals surface area contributed by atoms with Gasteiger partial charge in [0.2, 0.25) is 5.95 Å². The Labute approximate surface area is 104 Å². The summed E-state index contributed by atoms with van der Waals surface area (Å²) in [4.78, 5) is 8.34. The molecular formula is C10H14ClN3OS. The molecule has 1 aromatic rings. The van der Waals surface area contributed by atoms with Crippen molar-refractivity contribution in [3.05, 3.63) is 11.2 Å². The quantitative estimate of drug-likeness (QED) is 0.665. The number of ether oxygens (including phenoxy) is 1. The van der Waals surface area contributed by atoms with Gasteiger partial charge < -0.3 is 10.1 Å². The van der Waals surface area contributed by atoms with Crippen LogP contribution in [-0.2, 0) is 4.74 Å². The number of halogens is 1. The maximum Gasteiger partial charge on any atom is 0.223 e. The van der Waals surface area contributed by atoms with Crippen molar-refractivity contribution in [1.82, 2.24) is 9.97 Å². The van der Waals surface area contributed by atoms with Gasteiger partial charge in [0, 0.05) is 19.4 Å². The van der Waals surface area contributed by atoms with E-state index in [0.29, 0.717) is 17.1 Å². The third-order valence-electron chi connectivity index (χ3n) is 2.37. The van der Waals surface area contributed by atoms with E-state index in [1.807, 2.05) is 0 Å². The van der Waals surface area contributed by atoms with Gasteiger partial charge >= 0.3 is 0 Å². The Hall–Kier alpha value is -0.520. The number of aromatic nitrogens is 2. The second-order valence-corrected chi connectivity index (χ2v) is 4.96. The Bertz CT molecular complexity index is 358. The third-order valence-corrected chi connectivity index (χ3v) is 3.88. The van der Waals surface area contributed by atoms with Gasteiger partial charge in [-0.25, -0.2) is 9.97 Å². The summed E-state index contributed by atoms with van der Waals surface area (Å²) in [5.74, 6) is 1.50. The molecule has 88 valence electrons. The molecular weight excluding hydrogens is 246 g/mol. The highest BCUT2D eigenvalue weighted by atomic mass is 35.5. The Morgan fingerprint density at radius 1 is 1.69 bits per heavy atom. The molecule has 1 saturated heterocycles. The SMILES string of the molecule is CNc1ncc(Cl)c(SCC2CCCO2)n1. The van der Waals surface area contributed by atoms with E-state index >= 15 is 0 Å². The first-order chi connectivity index (χ1) is 7.79. The van der Waals surface area contributed by atoms with Crippen LogP contribution in [0.4, 0.5) is 5.95 Å². The lowest BCUT2D eigenvalue weighted by Crippen LogP contribution is -2.08. The van der Waals surface area contributed by atoms with Crippen LogP contribution in [0.1, 0.15) is 12.8 Å². The summed E-state index contributed by atoms with van der Waals surface area (Å²) in [6.07, 6.45) is 4.26. The van der Waals surface area contributed by atoms with E-state index in [1.54, 1.807) is 25.0 Å². The molecule has 0 spiro atoms. The largest absolute Gasteiger partial charge is 0.377 e. The van der Waals surface area contributed by atoms with Crippen LogP contribution in [-0.4, -0.2) is 35.5 Å². The number of nitrogens with zero attached hydrogens (tertiary/aromatic N) is 2. The van der Waals surface area contributed by atoms with Crippen molar-refractivity contribution < 1.29 is 4.74 Å². The third kappa shape index (κ3) is 2.99. The predicted molar refractivity (Wildman–Crippen MR) is 66.3 cm³/mol. The average Bonchev–Trinajstić information content (AvgIpc) is 2.81. The summed E-state index contributed by atoms with van der Waals surface area (Å²) >= 11 is 7.65. The van der Waals surface area contributed by atoms with E-state index in [2.05, 4.69) is 15.3 Å². The molecule has 0 bridgehead atoms. The zero-order valence-electron chi connectivity index (χ0n) is 9.07. The molecule has 1 atom stereocenters. The highest BCUT2D eigenvalue weighted by Crippen LogP contribution is 2.28. The number of nitrogens with one attached hydrogen (secondary N) is 1. The van der Waals surface area contributed by atoms with E-state index in [9.17, 15) is 0 Å². The van der Waals surface area contributed by atoms with Gasteiger partial charge in [-0.2, -0.15) is 0 Å². The summed E-state index contributed by atoms with van der Waals surface area (Å²) in [7, 11) is 1.79. The second-order valence-electron chi connectivity index (χ2n) is 3.54. The molecule has 0 amide bonds. The smallest absolute Gasteiger partial charge is 0.223 e. The van der Waals surface area contributed by atoms with Crippen molar-refractivity contribution in [3.8, 4) is 0 Å². The van der Waals surface area contributed by atoms with Gasteiger partial charge in [-0.05, 0) is 12.8 Å². The van der Waals surface area contributed by atoms with Crippen LogP contribution in [0.5, 0.6) is 0 Å². The van der Waals surface area contributed by atoms with E-state index < -0.39 is 0 Å². The van der Waals surface area contributed by atoms with Crippen molar-refractivity contribution in [1.29, 1.82) is 0 Å². The normalized spacial score (nSPS) is 20.0. The summed E-state index contributed by atoms with van der Waals surface area (Å²) in [5.41, 5.74) is 0. The minimum absolute atomic E-state index is 0.342. The van der Waals surface area contributed by atoms with Crippen molar-refractivity contribution in [2.24, 2.45) is 0 Å². The maximum atomic E-state index is 6.02. The molecule has 0 aliphatic carbocycles. The molecule has 0 saturated carbocycles. The predicted octanol–water partition coefficient (Wildman–Crippen LogP) is 2.44. The minimum atomic E-state index is 0.342. The highest BCUT2D eigenvalue weighted by molar-refractivity contribution is 7.99. The standard InChI is InChI=1S/C10H14ClN3OS/c1-12-10-13-5-8(11)9(14-10)16-6-7-3-2-4-15-7/h5,7H,2-4,6H2,1H3,(H,12,13,14). The van der Waals surface area contributed by atoms with Crippen molar-refractivity contribution >= 4 is 29.3 Å². The summed E-state index contributed by atoms with van der Waals surface area (Å²) in [6, 6.07) is 0. The lowest BCUT2D eigenvalue weighted by Gasteiger charge is -2.09. The number of thioether (sulfide) groups is 1. The molecule has 16 heavy (non-hydrogen) atoms. The number of rotatable bonds is 4. The fourth-order valence-corrected chi connectivity index (χ4v) is 2.72. The van der Waals surface area contributed by atoms with Gasteiger partial charge in [0.25, 0.3) is 0 Å². The van der Waals surface area contributed by atoms with Crippen LogP contribution in [0, 0.1) is 0 Å². The zero-order valence-corrected chi connectivity index (χ0v) is 10.6. The lowest BCUT2D eigenvalue weighted by molar-refractivity contribution is 0.129. The summed E-state index contributed by atoms with van der Waals surface area (Å²) in [5, 5.41) is 4.31. The molecule has 1 aliphatic heterocycles. The molecule has 1 fully saturated rings. The van der Waals surface area contributed by atoms with Gasteiger partial charge in [0.15, 0.2) is 0 Å². The highest BCUT2D eigenvalue weighted by Gasteiger charge is 2.16. The minimum Gasteiger partial charge on any atom is -0.377 e. The average molecular weight is 260 g/mol. The first-order valence-corrected chi connectivity index (χ1v) is 6.60. The monoisotopic (exact) mass is 259 g/mol. The van der Waals surface area contributed by atoms with Crippen LogP contribution < -0.4 is 5.32 Å². The fourth-order valence-electron chi connectivity index (χ4n) is 1.52. The number of hydrogen-bond acceptors (Lipinski definition) is 5. The van der Waals surface area contributed by atoms with Gasteiger partial charge in [-0.1, -0.05) is 11.6 Å². The Kier molecular flexibility index (Phi) is 4.26. The van der Waals surface area contributed by atoms with Gasteiger partial charge in [-0.15, -0.1) is 11.8 Å². The van der Waals surface area contributed by atoms with E-state index in [1.165, 1.54) is 0 Å². The van der Waals surface area contributed by atoms with Crippen LogP contribution >= 0.6 is 23.4 Å². The topological polar surface area (TPSA) is 47.0 Å². The fraction of sp³-hybridized carbons (Fsp3) is 0.600. The summed E-state index contributed by atoms with van der Waals surface area (Å²) < 4.78 is 5.55. The number of anilines is 1. The lowest BCUT2D eigenvalue weighted by atomic mass is 10.3. The van der Waals surface area contributed by atoms with Crippen molar-refractivity contribution in [3.63, 3.8) is 0 Å². The Morgan fingerprint density at radius 2 is 2.56 bits per heavy atom. The van der Waals surface area contributed by atoms with E-state index in [-0.39, 0.29) is 0 Å². The molecule has 0 radical (unpaired) electrons. The summed E-state index contributed by atoms with van der Waals surface area (Å²) in [6.45, 7) is 0.879. The molecule has 1 unspecified atom stereocenters. The van der Waals surface area contributed by atoms with E-state index in [4.69, 9.17) is 16.3 Å². The van der Waals surface area contributed by atoms with Gasteiger partial charge in [0.1, 0.15) is 5.03 Å². The number of hydrogen-bond donors (Lipinski definition) is 1. The molecule has 1 N–H and O–H groups in total. The molecule has 1 aromatic heterocycles. The molecule has 2 heterocycles. The van der Waals surface area contributed by atoms with Crippen molar-refractivity contribution in [2.45, 2.75) is 24.0 Å². The second kappa shape index (κ2) is 5.70. The van der Waals surface area contributed by atoms with Crippen LogP contribution in [0.3, 0.4) is 0 Å². The van der Waals surface area contributed by atoms with Gasteiger partial charge in [0.05, 0.1) is 17.3 Å². The maximum absolute atomic E-state index is 6.02. The van der Waals surface area contributed by atoms with Crippen LogP contribution in [0.25, 0.3) is 0 Å². The van der Waals surface area contributed by atoms with Crippen LogP contribution in [0.2, 0.25) is 5.02 Å².